The van der Waals surface area contributed by atoms with Crippen LogP contribution in [0.2, 0.25) is 0 Å². The smallest absolute Gasteiger partial charge is 0.339 e. The number of hydrogen-bond acceptors (Lipinski definition) is 5. The SMILES string of the molecule is Cc1cc(C)c(C(=O)O)c(NCCCS(N)(=O)=O)n1. The maximum Gasteiger partial charge on any atom is 0.339 e. The van der Waals surface area contributed by atoms with E-state index in [0.29, 0.717) is 11.3 Å². The Morgan fingerprint density at radius 3 is 2.63 bits per heavy atom. The summed E-state index contributed by atoms with van der Waals surface area (Å²) in [7, 11) is -3.50. The molecule has 0 spiro atoms. The van der Waals surface area contributed by atoms with E-state index in [0.717, 1.165) is 0 Å². The molecule has 1 aromatic heterocycles. The molecular formula is C11H17N3O4S. The fourth-order valence-electron chi connectivity index (χ4n) is 1.71. The lowest BCUT2D eigenvalue weighted by atomic mass is 10.1. The molecular weight excluding hydrogens is 270 g/mol. The quantitative estimate of drug-likeness (QED) is 0.654. The lowest BCUT2D eigenvalue weighted by molar-refractivity contribution is 0.0696. The standard InChI is InChI=1S/C11H17N3O4S/c1-7-6-8(2)14-10(9(7)11(15)16)13-4-3-5-19(12,17)18/h6H,3-5H2,1-2H3,(H,13,14)(H,15,16)(H2,12,17,18). The number of aryl methyl sites for hydroxylation is 2. The van der Waals surface area contributed by atoms with Crippen molar-refractivity contribution in [2.75, 3.05) is 17.6 Å². The molecule has 4 N–H and O–H groups in total. The molecule has 0 amide bonds. The molecule has 0 saturated carbocycles. The summed E-state index contributed by atoms with van der Waals surface area (Å²) in [5.74, 6) is -0.980. The summed E-state index contributed by atoms with van der Waals surface area (Å²) >= 11 is 0. The third-order valence-corrected chi connectivity index (χ3v) is 3.31. The second-order valence-corrected chi connectivity index (χ2v) is 5.99. The molecule has 0 aliphatic heterocycles. The Morgan fingerprint density at radius 2 is 2.11 bits per heavy atom. The summed E-state index contributed by atoms with van der Waals surface area (Å²) in [5.41, 5.74) is 1.39. The summed E-state index contributed by atoms with van der Waals surface area (Å²) in [6, 6.07) is 1.68. The molecule has 0 unspecified atom stereocenters. The van der Waals surface area contributed by atoms with E-state index in [1.807, 2.05) is 0 Å². The van der Waals surface area contributed by atoms with E-state index in [9.17, 15) is 13.2 Å². The number of aromatic carboxylic acids is 1. The topological polar surface area (TPSA) is 122 Å². The average molecular weight is 287 g/mol. The van der Waals surface area contributed by atoms with Gasteiger partial charge in [0.25, 0.3) is 0 Å². The number of sulfonamides is 1. The van der Waals surface area contributed by atoms with Crippen molar-refractivity contribution < 1.29 is 18.3 Å². The van der Waals surface area contributed by atoms with Gasteiger partial charge >= 0.3 is 5.97 Å². The number of carboxylic acid groups (broad SMARTS) is 1. The van der Waals surface area contributed by atoms with Crippen molar-refractivity contribution in [3.63, 3.8) is 0 Å². The van der Waals surface area contributed by atoms with Gasteiger partial charge in [0, 0.05) is 12.2 Å². The molecule has 19 heavy (non-hydrogen) atoms. The van der Waals surface area contributed by atoms with Crippen LogP contribution < -0.4 is 10.5 Å². The highest BCUT2D eigenvalue weighted by atomic mass is 32.2. The summed E-state index contributed by atoms with van der Waals surface area (Å²) in [5, 5.41) is 16.8. The Balaban J connectivity index is 2.80. The minimum absolute atomic E-state index is 0.0983. The van der Waals surface area contributed by atoms with Gasteiger partial charge in [0.15, 0.2) is 0 Å². The van der Waals surface area contributed by atoms with E-state index in [1.54, 1.807) is 19.9 Å². The van der Waals surface area contributed by atoms with Crippen molar-refractivity contribution in [2.24, 2.45) is 5.14 Å². The molecule has 0 aliphatic carbocycles. The van der Waals surface area contributed by atoms with Gasteiger partial charge in [-0.15, -0.1) is 0 Å². The van der Waals surface area contributed by atoms with Gasteiger partial charge in [-0.05, 0) is 31.9 Å². The number of nitrogens with two attached hydrogens (primary N) is 1. The number of nitrogens with zero attached hydrogens (tertiary/aromatic N) is 1. The molecule has 1 rings (SSSR count). The van der Waals surface area contributed by atoms with Crippen molar-refractivity contribution in [2.45, 2.75) is 20.3 Å². The van der Waals surface area contributed by atoms with Crippen LogP contribution in [0.1, 0.15) is 28.0 Å². The van der Waals surface area contributed by atoms with E-state index < -0.39 is 16.0 Å². The van der Waals surface area contributed by atoms with Crippen LogP contribution >= 0.6 is 0 Å². The molecule has 0 atom stereocenters. The van der Waals surface area contributed by atoms with Crippen molar-refractivity contribution in [1.29, 1.82) is 0 Å². The van der Waals surface area contributed by atoms with E-state index >= 15 is 0 Å². The number of aromatic nitrogens is 1. The summed E-state index contributed by atoms with van der Waals surface area (Å²) in [6.07, 6.45) is 0.284. The molecule has 0 bridgehead atoms. The molecule has 8 heteroatoms. The molecule has 0 aliphatic rings. The van der Waals surface area contributed by atoms with Gasteiger partial charge in [0.05, 0.1) is 5.75 Å². The number of primary sulfonamides is 1. The maximum atomic E-state index is 11.1. The van der Waals surface area contributed by atoms with E-state index in [1.165, 1.54) is 0 Å². The lowest BCUT2D eigenvalue weighted by Crippen LogP contribution is -2.19. The second-order valence-electron chi connectivity index (χ2n) is 4.26. The minimum Gasteiger partial charge on any atom is -0.478 e. The van der Waals surface area contributed by atoms with E-state index in [2.05, 4.69) is 10.3 Å². The normalized spacial score (nSPS) is 11.3. The van der Waals surface area contributed by atoms with E-state index in [4.69, 9.17) is 10.2 Å². The number of carboxylic acids is 1. The minimum atomic E-state index is -3.50. The first-order valence-electron chi connectivity index (χ1n) is 5.66. The first-order valence-corrected chi connectivity index (χ1v) is 7.38. The Bertz CT molecular complexity index is 584. The Morgan fingerprint density at radius 1 is 1.47 bits per heavy atom. The number of anilines is 1. The van der Waals surface area contributed by atoms with Crippen LogP contribution in [-0.2, 0) is 10.0 Å². The van der Waals surface area contributed by atoms with Gasteiger partial charge < -0.3 is 10.4 Å². The Hall–Kier alpha value is -1.67. The van der Waals surface area contributed by atoms with Crippen LogP contribution in [0.3, 0.4) is 0 Å². The molecule has 0 aromatic carbocycles. The van der Waals surface area contributed by atoms with Crippen LogP contribution in [0.5, 0.6) is 0 Å². The largest absolute Gasteiger partial charge is 0.478 e. The molecule has 7 nitrogen and oxygen atoms in total. The predicted molar refractivity (Wildman–Crippen MR) is 71.8 cm³/mol. The highest BCUT2D eigenvalue weighted by Gasteiger charge is 2.15. The van der Waals surface area contributed by atoms with Gasteiger partial charge in [0.2, 0.25) is 10.0 Å². The first-order chi connectivity index (χ1) is 8.70. The molecule has 1 heterocycles. The third kappa shape index (κ3) is 4.84. The third-order valence-electron chi connectivity index (χ3n) is 2.46. The van der Waals surface area contributed by atoms with Crippen molar-refractivity contribution >= 4 is 21.8 Å². The van der Waals surface area contributed by atoms with Crippen molar-refractivity contribution in [3.05, 3.63) is 22.9 Å². The molecule has 0 saturated heterocycles. The zero-order valence-electron chi connectivity index (χ0n) is 10.8. The van der Waals surface area contributed by atoms with Crippen LogP contribution in [0.4, 0.5) is 5.82 Å². The fourth-order valence-corrected chi connectivity index (χ4v) is 2.26. The van der Waals surface area contributed by atoms with Crippen LogP contribution in [0.15, 0.2) is 6.07 Å². The molecule has 106 valence electrons. The van der Waals surface area contributed by atoms with Crippen LogP contribution in [0, 0.1) is 13.8 Å². The highest BCUT2D eigenvalue weighted by molar-refractivity contribution is 7.89. The molecule has 1 aromatic rings. The van der Waals surface area contributed by atoms with Gasteiger partial charge in [0.1, 0.15) is 11.4 Å². The number of rotatable bonds is 6. The average Bonchev–Trinajstić information content (AvgIpc) is 2.21. The summed E-state index contributed by atoms with van der Waals surface area (Å²) < 4.78 is 21.5. The number of pyridine rings is 1. The number of nitrogens with one attached hydrogen (secondary N) is 1. The Labute approximate surface area is 111 Å². The van der Waals surface area contributed by atoms with Crippen LogP contribution in [0.25, 0.3) is 0 Å². The maximum absolute atomic E-state index is 11.1. The lowest BCUT2D eigenvalue weighted by Gasteiger charge is -2.11. The number of hydrogen-bond donors (Lipinski definition) is 3. The monoisotopic (exact) mass is 287 g/mol. The second kappa shape index (κ2) is 5.98. The van der Waals surface area contributed by atoms with Crippen molar-refractivity contribution in [1.82, 2.24) is 4.98 Å². The zero-order chi connectivity index (χ0) is 14.6. The predicted octanol–water partition coefficient (Wildman–Crippen LogP) is 0.487. The Kier molecular flexibility index (Phi) is 4.84. The van der Waals surface area contributed by atoms with Crippen LogP contribution in [-0.4, -0.2) is 36.8 Å². The summed E-state index contributed by atoms with van der Waals surface area (Å²) in [6.45, 7) is 3.73. The first kappa shape index (κ1) is 15.4. The zero-order valence-corrected chi connectivity index (χ0v) is 11.6. The van der Waals surface area contributed by atoms with E-state index in [-0.39, 0.29) is 30.1 Å². The molecule has 0 fully saturated rings. The highest BCUT2D eigenvalue weighted by Crippen LogP contribution is 2.18. The number of carbonyl (C=O) groups is 1. The molecule has 0 radical (unpaired) electrons. The van der Waals surface area contributed by atoms with Gasteiger partial charge in [-0.3, -0.25) is 0 Å². The van der Waals surface area contributed by atoms with Gasteiger partial charge in [-0.2, -0.15) is 0 Å². The van der Waals surface area contributed by atoms with Crippen molar-refractivity contribution in [3.8, 4) is 0 Å². The fraction of sp³-hybridized carbons (Fsp3) is 0.455. The summed E-state index contributed by atoms with van der Waals surface area (Å²) in [4.78, 5) is 15.3. The van der Waals surface area contributed by atoms with Gasteiger partial charge in [-0.1, -0.05) is 0 Å². The van der Waals surface area contributed by atoms with Gasteiger partial charge in [-0.25, -0.2) is 23.3 Å².